The van der Waals surface area contributed by atoms with Crippen molar-refractivity contribution in [1.29, 1.82) is 0 Å². The minimum Gasteiger partial charge on any atom is -0.139 e. The van der Waals surface area contributed by atoms with Crippen molar-refractivity contribution in [1.82, 2.24) is 9.59 Å². The second-order valence-corrected chi connectivity index (χ2v) is 2.22. The summed E-state index contributed by atoms with van der Waals surface area (Å²) in [5, 5.41) is 19.6. The summed E-state index contributed by atoms with van der Waals surface area (Å²) in [5.74, 6) is 0. The van der Waals surface area contributed by atoms with Crippen LogP contribution in [0.1, 0.15) is 11.9 Å². The van der Waals surface area contributed by atoms with E-state index in [1.54, 1.807) is 5.38 Å². The summed E-state index contributed by atoms with van der Waals surface area (Å²) in [5.41, 5.74) is 0.704. The molecule has 0 radical (unpaired) electrons. The van der Waals surface area contributed by atoms with Crippen molar-refractivity contribution in [2.24, 2.45) is 20.7 Å². The van der Waals surface area contributed by atoms with Crippen LogP contribution in [0.4, 0.5) is 0 Å². The smallest absolute Gasteiger partial charge is 0.139 e. The van der Waals surface area contributed by atoms with Crippen molar-refractivity contribution in [3.05, 3.63) is 11.1 Å². The molecule has 1 aromatic heterocycles. The molecular weight excluding hydrogens is 152 g/mol. The minimum absolute atomic E-state index is 0.348. The fourth-order valence-electron chi connectivity index (χ4n) is 0.570. The lowest BCUT2D eigenvalue weighted by Gasteiger charge is -1.89. The first-order valence-corrected chi connectivity index (χ1v) is 3.37. The van der Waals surface area contributed by atoms with Gasteiger partial charge in [-0.2, -0.15) is 0 Å². The Morgan fingerprint density at radius 1 is 1.30 bits per heavy atom. The van der Waals surface area contributed by atoms with Crippen molar-refractivity contribution >= 4 is 11.5 Å². The number of hydrogen-bond donors (Lipinski definition) is 0. The summed E-state index contributed by atoms with van der Waals surface area (Å²) in [6.45, 7) is 0. The van der Waals surface area contributed by atoms with Crippen molar-refractivity contribution < 1.29 is 0 Å². The molecule has 1 aromatic rings. The third kappa shape index (κ3) is 0.798. The van der Waals surface area contributed by atoms with Crippen molar-refractivity contribution in [3.8, 4) is 0 Å². The van der Waals surface area contributed by atoms with Crippen LogP contribution in [0, 0.1) is 0 Å². The van der Waals surface area contributed by atoms with E-state index in [1.165, 1.54) is 11.5 Å². The first-order valence-electron chi connectivity index (χ1n) is 2.54. The number of nitrogens with zero attached hydrogens (tertiary/aromatic N) is 6. The second-order valence-electron chi connectivity index (χ2n) is 1.61. The van der Waals surface area contributed by atoms with Gasteiger partial charge in [0, 0.05) is 5.38 Å². The van der Waals surface area contributed by atoms with Crippen LogP contribution in [0.5, 0.6) is 0 Å². The van der Waals surface area contributed by atoms with Crippen LogP contribution < -0.4 is 0 Å². The van der Waals surface area contributed by atoms with Crippen LogP contribution in [-0.4, -0.2) is 9.59 Å². The highest BCUT2D eigenvalue weighted by Crippen LogP contribution is 2.21. The van der Waals surface area contributed by atoms with E-state index in [9.17, 15) is 0 Å². The highest BCUT2D eigenvalue weighted by atomic mass is 32.1. The molecule has 6 nitrogen and oxygen atoms in total. The Kier molecular flexibility index (Phi) is 1.21. The molecule has 1 aliphatic rings. The summed E-state index contributed by atoms with van der Waals surface area (Å²) >= 11 is 1.26. The van der Waals surface area contributed by atoms with Gasteiger partial charge in [0.2, 0.25) is 6.17 Å². The molecule has 0 unspecified atom stereocenters. The van der Waals surface area contributed by atoms with Crippen LogP contribution in [0.25, 0.3) is 0 Å². The van der Waals surface area contributed by atoms with Gasteiger partial charge in [-0.15, -0.1) is 15.3 Å². The van der Waals surface area contributed by atoms with Gasteiger partial charge in [0.05, 0.1) is 0 Å². The van der Waals surface area contributed by atoms with Gasteiger partial charge in [-0.1, -0.05) is 4.49 Å². The second kappa shape index (κ2) is 2.18. The van der Waals surface area contributed by atoms with E-state index in [2.05, 4.69) is 30.3 Å². The van der Waals surface area contributed by atoms with E-state index < -0.39 is 0 Å². The molecule has 0 N–H and O–H groups in total. The molecule has 0 atom stereocenters. The van der Waals surface area contributed by atoms with E-state index in [1.807, 2.05) is 0 Å². The number of aromatic nitrogens is 2. The van der Waals surface area contributed by atoms with E-state index in [0.717, 1.165) is 0 Å². The topological polar surface area (TPSA) is 75.2 Å². The Hall–Kier alpha value is -1.24. The van der Waals surface area contributed by atoms with Gasteiger partial charge in [0.25, 0.3) is 0 Å². The zero-order valence-electron chi connectivity index (χ0n) is 4.75. The van der Waals surface area contributed by atoms with Crippen LogP contribution >= 0.6 is 11.5 Å². The van der Waals surface area contributed by atoms with Gasteiger partial charge in [-0.05, 0) is 22.0 Å². The molecule has 2 heterocycles. The standard InChI is InChI=1S/C3H2N6S/c1-2(4-9-10-1)3-5-7-8-6-3/h1,3H. The molecule has 0 saturated carbocycles. The maximum atomic E-state index is 3.76. The molecule has 0 amide bonds. The fourth-order valence-corrected chi connectivity index (χ4v) is 1.04. The van der Waals surface area contributed by atoms with Gasteiger partial charge in [0.15, 0.2) is 0 Å². The largest absolute Gasteiger partial charge is 0.229 e. The highest BCUT2D eigenvalue weighted by Gasteiger charge is 2.14. The summed E-state index contributed by atoms with van der Waals surface area (Å²) in [7, 11) is 0. The van der Waals surface area contributed by atoms with Crippen molar-refractivity contribution in [2.75, 3.05) is 0 Å². The summed E-state index contributed by atoms with van der Waals surface area (Å²) in [6, 6.07) is 0. The van der Waals surface area contributed by atoms with Crippen LogP contribution in [0.3, 0.4) is 0 Å². The molecule has 0 bridgehead atoms. The molecule has 0 aromatic carbocycles. The molecule has 0 spiro atoms. The Morgan fingerprint density at radius 3 is 2.70 bits per heavy atom. The van der Waals surface area contributed by atoms with Gasteiger partial charge in [-0.3, -0.25) is 0 Å². The van der Waals surface area contributed by atoms with Gasteiger partial charge in [-0.25, -0.2) is 0 Å². The molecule has 1 aliphatic heterocycles. The first-order chi connectivity index (χ1) is 4.97. The molecule has 0 aliphatic carbocycles. The molecule has 2 rings (SSSR count). The zero-order valence-corrected chi connectivity index (χ0v) is 5.56. The number of rotatable bonds is 1. The Bertz CT molecular complexity index is 251. The minimum atomic E-state index is -0.348. The van der Waals surface area contributed by atoms with Gasteiger partial charge in [0.1, 0.15) is 5.69 Å². The van der Waals surface area contributed by atoms with Crippen LogP contribution in [0.15, 0.2) is 26.1 Å². The van der Waals surface area contributed by atoms with E-state index in [4.69, 9.17) is 0 Å². The third-order valence-corrected chi connectivity index (χ3v) is 1.53. The van der Waals surface area contributed by atoms with Gasteiger partial charge >= 0.3 is 0 Å². The van der Waals surface area contributed by atoms with Crippen molar-refractivity contribution in [3.63, 3.8) is 0 Å². The molecular formula is C3H2N6S. The van der Waals surface area contributed by atoms with E-state index in [0.29, 0.717) is 5.69 Å². The lowest BCUT2D eigenvalue weighted by atomic mass is 10.4. The average Bonchev–Trinajstić information content (AvgIpc) is 2.59. The lowest BCUT2D eigenvalue weighted by molar-refractivity contribution is 0.729. The molecule has 0 saturated heterocycles. The normalized spacial score (nSPS) is 16.8. The highest BCUT2D eigenvalue weighted by molar-refractivity contribution is 7.03. The van der Waals surface area contributed by atoms with Crippen molar-refractivity contribution in [2.45, 2.75) is 6.17 Å². The zero-order chi connectivity index (χ0) is 6.81. The maximum Gasteiger partial charge on any atom is 0.229 e. The summed E-state index contributed by atoms with van der Waals surface area (Å²) in [4.78, 5) is 0. The molecule has 50 valence electrons. The fraction of sp³-hybridized carbons (Fsp3) is 0.333. The van der Waals surface area contributed by atoms with E-state index in [-0.39, 0.29) is 6.17 Å². The Balaban J connectivity index is 2.29. The average molecular weight is 154 g/mol. The van der Waals surface area contributed by atoms with Gasteiger partial charge < -0.3 is 0 Å². The maximum absolute atomic E-state index is 3.76. The monoisotopic (exact) mass is 154 g/mol. The molecule has 0 fully saturated rings. The molecule has 7 heteroatoms. The third-order valence-electron chi connectivity index (χ3n) is 1.00. The Morgan fingerprint density at radius 2 is 2.10 bits per heavy atom. The Labute approximate surface area is 59.8 Å². The predicted molar refractivity (Wildman–Crippen MR) is 32.4 cm³/mol. The molecule has 10 heavy (non-hydrogen) atoms. The van der Waals surface area contributed by atoms with E-state index >= 15 is 0 Å². The summed E-state index contributed by atoms with van der Waals surface area (Å²) in [6.07, 6.45) is -0.348. The lowest BCUT2D eigenvalue weighted by Crippen LogP contribution is -1.87. The number of hydrogen-bond acceptors (Lipinski definition) is 7. The predicted octanol–water partition coefficient (Wildman–Crippen LogP) is 1.37. The van der Waals surface area contributed by atoms with Crippen LogP contribution in [0.2, 0.25) is 0 Å². The quantitative estimate of drug-likeness (QED) is 0.612. The SMILES string of the molecule is c1snnc1C1N=NN=N1. The van der Waals surface area contributed by atoms with Crippen LogP contribution in [-0.2, 0) is 0 Å². The first kappa shape index (κ1) is 5.54. The summed E-state index contributed by atoms with van der Waals surface area (Å²) < 4.78 is 3.66.